The summed E-state index contributed by atoms with van der Waals surface area (Å²) < 4.78 is 31.8. The van der Waals surface area contributed by atoms with Gasteiger partial charge in [-0.2, -0.15) is 0 Å². The van der Waals surface area contributed by atoms with E-state index in [0.29, 0.717) is 24.4 Å². The van der Waals surface area contributed by atoms with E-state index in [4.69, 9.17) is 4.74 Å². The molecule has 1 amide bonds. The highest BCUT2D eigenvalue weighted by atomic mass is 32.2. The summed E-state index contributed by atoms with van der Waals surface area (Å²) in [6, 6.07) is 6.73. The summed E-state index contributed by atoms with van der Waals surface area (Å²) in [6.07, 6.45) is 11.5. The van der Waals surface area contributed by atoms with Crippen molar-refractivity contribution in [3.8, 4) is 17.0 Å². The molecule has 214 valence electrons. The van der Waals surface area contributed by atoms with Crippen LogP contribution in [0.15, 0.2) is 18.2 Å². The zero-order valence-corrected chi connectivity index (χ0v) is 25.3. The lowest BCUT2D eigenvalue weighted by Gasteiger charge is -2.33. The number of hydrogen-bond acceptors (Lipinski definition) is 4. The van der Waals surface area contributed by atoms with Gasteiger partial charge >= 0.3 is 0 Å². The van der Waals surface area contributed by atoms with E-state index >= 15 is 0 Å². The molecule has 0 atom stereocenters. The van der Waals surface area contributed by atoms with Crippen LogP contribution in [-0.2, 0) is 27.2 Å². The number of sulfone groups is 1. The number of carbonyl (C=O) groups excluding carboxylic acids is 1. The number of rotatable bonds is 8. The molecule has 2 fully saturated rings. The van der Waals surface area contributed by atoms with Gasteiger partial charge in [0.05, 0.1) is 17.9 Å². The Balaban J connectivity index is 1.55. The number of fused-ring (bicyclic) bond motifs is 2. The Morgan fingerprint density at radius 1 is 1.10 bits per heavy atom. The molecule has 0 radical (unpaired) electrons. The fourth-order valence-corrected chi connectivity index (χ4v) is 7.31. The topological polar surface area (TPSA) is 77.4 Å². The highest BCUT2D eigenvalue weighted by molar-refractivity contribution is 7.90. The minimum atomic E-state index is -3.04. The molecule has 0 unspecified atom stereocenters. The second kappa shape index (κ2) is 10.6. The van der Waals surface area contributed by atoms with Gasteiger partial charge in [-0.1, -0.05) is 40.0 Å². The maximum atomic E-state index is 13.4. The van der Waals surface area contributed by atoms with Crippen LogP contribution in [0.1, 0.15) is 106 Å². The maximum absolute atomic E-state index is 13.4. The predicted octanol–water partition coefficient (Wildman–Crippen LogP) is 6.32. The van der Waals surface area contributed by atoms with Crippen molar-refractivity contribution in [2.45, 2.75) is 103 Å². The van der Waals surface area contributed by atoms with Gasteiger partial charge in [0.25, 0.3) is 5.91 Å². The first kappa shape index (κ1) is 28.3. The summed E-state index contributed by atoms with van der Waals surface area (Å²) in [6.45, 7) is 10.9. The zero-order valence-electron chi connectivity index (χ0n) is 24.5. The lowest BCUT2D eigenvalue weighted by atomic mass is 9.79. The molecule has 2 heterocycles. The molecule has 1 N–H and O–H groups in total. The Morgan fingerprint density at radius 3 is 2.46 bits per heavy atom. The molecule has 39 heavy (non-hydrogen) atoms. The van der Waals surface area contributed by atoms with Gasteiger partial charge in [0.15, 0.2) is 0 Å². The third-order valence-electron chi connectivity index (χ3n) is 9.20. The highest BCUT2D eigenvalue weighted by Crippen LogP contribution is 2.58. The zero-order chi connectivity index (χ0) is 28.0. The normalized spacial score (nSPS) is 19.0. The Morgan fingerprint density at radius 2 is 1.82 bits per heavy atom. The van der Waals surface area contributed by atoms with Crippen molar-refractivity contribution in [1.82, 2.24) is 9.88 Å². The molecule has 1 aliphatic heterocycles. The summed E-state index contributed by atoms with van der Waals surface area (Å²) >= 11 is 0. The van der Waals surface area contributed by atoms with Gasteiger partial charge in [0.1, 0.15) is 15.6 Å². The Kier molecular flexibility index (Phi) is 7.68. The van der Waals surface area contributed by atoms with Crippen LogP contribution in [-0.4, -0.2) is 44.1 Å². The van der Waals surface area contributed by atoms with E-state index < -0.39 is 9.84 Å². The smallest absolute Gasteiger partial charge is 0.253 e. The van der Waals surface area contributed by atoms with E-state index in [1.807, 2.05) is 0 Å². The highest BCUT2D eigenvalue weighted by Gasteiger charge is 2.49. The molecule has 7 heteroatoms. The first-order chi connectivity index (χ1) is 18.4. The number of carbonyl (C=O) groups is 1. The van der Waals surface area contributed by atoms with E-state index in [9.17, 15) is 13.2 Å². The number of nitrogens with zero attached hydrogens (tertiary/aromatic N) is 1. The van der Waals surface area contributed by atoms with Gasteiger partial charge in [0, 0.05) is 47.3 Å². The van der Waals surface area contributed by atoms with Crippen molar-refractivity contribution >= 4 is 15.7 Å². The molecule has 2 saturated carbocycles. The van der Waals surface area contributed by atoms with Crippen molar-refractivity contribution in [2.75, 3.05) is 25.2 Å². The summed E-state index contributed by atoms with van der Waals surface area (Å²) in [4.78, 5) is 13.4. The molecule has 0 bridgehead atoms. The van der Waals surface area contributed by atoms with Crippen molar-refractivity contribution in [2.24, 2.45) is 5.92 Å². The SMILES string of the molecule is Cc1c(C(=O)NCCCS(C)(=O)=O)cc(-c2cc(C(C)(C)C)c3c(c2)C2(CCO3)CC2)n1CC1CCCCC1. The minimum Gasteiger partial charge on any atom is -0.493 e. The lowest BCUT2D eigenvalue weighted by Crippen LogP contribution is -2.26. The first-order valence-corrected chi connectivity index (χ1v) is 16.9. The maximum Gasteiger partial charge on any atom is 0.253 e. The van der Waals surface area contributed by atoms with E-state index in [2.05, 4.69) is 55.8 Å². The van der Waals surface area contributed by atoms with E-state index in [0.717, 1.165) is 36.7 Å². The van der Waals surface area contributed by atoms with Gasteiger partial charge in [-0.3, -0.25) is 4.79 Å². The molecule has 5 rings (SSSR count). The number of hydrogen-bond donors (Lipinski definition) is 1. The van der Waals surface area contributed by atoms with Crippen molar-refractivity contribution in [3.05, 3.63) is 40.6 Å². The lowest BCUT2D eigenvalue weighted by molar-refractivity contribution is 0.0953. The summed E-state index contributed by atoms with van der Waals surface area (Å²) in [5.74, 6) is 1.66. The Labute approximate surface area is 234 Å². The number of benzene rings is 1. The van der Waals surface area contributed by atoms with Crippen LogP contribution in [0.25, 0.3) is 11.3 Å². The second-order valence-electron chi connectivity index (χ2n) is 13.4. The monoisotopic (exact) mass is 554 g/mol. The van der Waals surface area contributed by atoms with E-state index in [1.54, 1.807) is 0 Å². The fraction of sp³-hybridized carbons (Fsp3) is 0.656. The quantitative estimate of drug-likeness (QED) is 0.388. The van der Waals surface area contributed by atoms with Gasteiger partial charge < -0.3 is 14.6 Å². The van der Waals surface area contributed by atoms with E-state index in [-0.39, 0.29) is 22.5 Å². The van der Waals surface area contributed by atoms with Crippen LogP contribution in [0.4, 0.5) is 0 Å². The molecule has 2 aromatic rings. The van der Waals surface area contributed by atoms with Crippen LogP contribution in [0.2, 0.25) is 0 Å². The molecule has 2 aliphatic carbocycles. The van der Waals surface area contributed by atoms with Crippen LogP contribution in [0, 0.1) is 12.8 Å². The molecule has 0 saturated heterocycles. The predicted molar refractivity (Wildman–Crippen MR) is 158 cm³/mol. The number of aromatic nitrogens is 1. The fourth-order valence-electron chi connectivity index (χ4n) is 6.65. The molecular formula is C32H46N2O4S. The largest absolute Gasteiger partial charge is 0.493 e. The average molecular weight is 555 g/mol. The van der Waals surface area contributed by atoms with Crippen molar-refractivity contribution in [1.29, 1.82) is 0 Å². The Bertz CT molecular complexity index is 1320. The van der Waals surface area contributed by atoms with Crippen LogP contribution >= 0.6 is 0 Å². The number of amides is 1. The van der Waals surface area contributed by atoms with Crippen molar-refractivity contribution < 1.29 is 17.9 Å². The summed E-state index contributed by atoms with van der Waals surface area (Å²) in [5.41, 5.74) is 6.74. The average Bonchev–Trinajstić information content (AvgIpc) is 3.57. The number of nitrogens with one attached hydrogen (secondary N) is 1. The molecule has 1 spiro atoms. The molecule has 1 aromatic heterocycles. The van der Waals surface area contributed by atoms with E-state index in [1.165, 1.54) is 67.9 Å². The molecular weight excluding hydrogens is 508 g/mol. The molecule has 6 nitrogen and oxygen atoms in total. The van der Waals surface area contributed by atoms with Gasteiger partial charge in [-0.25, -0.2) is 8.42 Å². The molecule has 1 aromatic carbocycles. The van der Waals surface area contributed by atoms with Crippen LogP contribution in [0.5, 0.6) is 5.75 Å². The van der Waals surface area contributed by atoms with Crippen LogP contribution in [0.3, 0.4) is 0 Å². The third-order valence-corrected chi connectivity index (χ3v) is 10.2. The number of ether oxygens (including phenoxy) is 1. The minimum absolute atomic E-state index is 0.0663. The van der Waals surface area contributed by atoms with Gasteiger partial charge in [-0.15, -0.1) is 0 Å². The first-order valence-electron chi connectivity index (χ1n) is 14.9. The van der Waals surface area contributed by atoms with Gasteiger partial charge in [-0.05, 0) is 80.5 Å². The van der Waals surface area contributed by atoms with Crippen molar-refractivity contribution in [3.63, 3.8) is 0 Å². The van der Waals surface area contributed by atoms with Crippen LogP contribution < -0.4 is 10.1 Å². The summed E-state index contributed by atoms with van der Waals surface area (Å²) in [7, 11) is -3.04. The standard InChI is InChI=1S/C32H46N2O4S/c1-22-25(30(35)33-15-9-17-39(5,36)37)20-28(34(22)21-23-10-7-6-8-11-23)24-18-26(31(2,3)4)29-27(19-24)32(12-13-32)14-16-38-29/h18-20,23H,6-17,21H2,1-5H3,(H,33,35). The molecule has 3 aliphatic rings. The second-order valence-corrected chi connectivity index (χ2v) is 15.7. The summed E-state index contributed by atoms with van der Waals surface area (Å²) in [5, 5.41) is 2.98. The van der Waals surface area contributed by atoms with Gasteiger partial charge in [0.2, 0.25) is 0 Å². The third kappa shape index (κ3) is 6.08. The Hall–Kier alpha value is -2.28.